The Kier molecular flexibility index (Phi) is 8.84. The maximum absolute atomic E-state index is 13.1. The number of urea groups is 1. The number of benzene rings is 2. The quantitative estimate of drug-likeness (QED) is 0.197. The molecule has 2 aliphatic rings. The Morgan fingerprint density at radius 2 is 1.62 bits per heavy atom. The third-order valence-electron chi connectivity index (χ3n) is 7.27. The van der Waals surface area contributed by atoms with E-state index in [2.05, 4.69) is 20.3 Å². The minimum Gasteiger partial charge on any atom is -0.496 e. The number of piperidine rings is 1. The highest BCUT2D eigenvalue weighted by atomic mass is 32.2. The van der Waals surface area contributed by atoms with Gasteiger partial charge in [0.05, 0.1) is 31.8 Å². The Labute approximate surface area is 233 Å². The lowest BCUT2D eigenvalue weighted by molar-refractivity contribution is -0.125. The number of nitrogens with zero attached hydrogens (tertiary/aromatic N) is 1. The molecule has 0 aliphatic carbocycles. The van der Waals surface area contributed by atoms with Gasteiger partial charge in [0, 0.05) is 31.3 Å². The van der Waals surface area contributed by atoms with Gasteiger partial charge in [-0.25, -0.2) is 13.2 Å². The number of amides is 3. The molecule has 216 valence electrons. The fourth-order valence-electron chi connectivity index (χ4n) is 4.98. The van der Waals surface area contributed by atoms with Crippen molar-refractivity contribution in [3.8, 4) is 17.2 Å². The average molecular weight is 575 g/mol. The molecule has 2 aliphatic heterocycles. The molecule has 2 fully saturated rings. The lowest BCUT2D eigenvalue weighted by atomic mass is 9.87. The van der Waals surface area contributed by atoms with Gasteiger partial charge in [-0.2, -0.15) is 0 Å². The first-order valence-electron chi connectivity index (χ1n) is 12.9. The SMILES string of the molecule is COc1ccc(S(=O)(=O)Nc2ccc(OC)c(C(=O)CCCCN3CCC4(CC3)NC(=O)NC4=O)c2)cc1OC. The van der Waals surface area contributed by atoms with Crippen molar-refractivity contribution in [1.29, 1.82) is 0 Å². The molecule has 0 radical (unpaired) electrons. The molecule has 4 rings (SSSR count). The van der Waals surface area contributed by atoms with Gasteiger partial charge in [-0.15, -0.1) is 0 Å². The molecule has 40 heavy (non-hydrogen) atoms. The summed E-state index contributed by atoms with van der Waals surface area (Å²) in [4.78, 5) is 38.9. The second-order valence-electron chi connectivity index (χ2n) is 9.75. The Bertz CT molecular complexity index is 1390. The van der Waals surface area contributed by atoms with Gasteiger partial charge in [-0.05, 0) is 62.6 Å². The van der Waals surface area contributed by atoms with Crippen molar-refractivity contribution < 1.29 is 37.0 Å². The van der Waals surface area contributed by atoms with Crippen molar-refractivity contribution in [3.05, 3.63) is 42.0 Å². The Morgan fingerprint density at radius 3 is 2.25 bits per heavy atom. The molecule has 0 atom stereocenters. The number of imide groups is 1. The molecule has 2 aromatic rings. The number of carbonyl (C=O) groups is 3. The van der Waals surface area contributed by atoms with Crippen LogP contribution >= 0.6 is 0 Å². The third kappa shape index (κ3) is 6.31. The zero-order valence-electron chi connectivity index (χ0n) is 22.7. The maximum atomic E-state index is 13.1. The molecular weight excluding hydrogens is 540 g/mol. The number of ketones is 1. The van der Waals surface area contributed by atoms with E-state index in [9.17, 15) is 22.8 Å². The van der Waals surface area contributed by atoms with Gasteiger partial charge in [0.1, 0.15) is 11.3 Å². The number of sulfonamides is 1. The van der Waals surface area contributed by atoms with Crippen molar-refractivity contribution in [1.82, 2.24) is 15.5 Å². The number of Topliss-reactive ketones (excluding diaryl/α,β-unsaturated/α-hetero) is 1. The van der Waals surface area contributed by atoms with Crippen LogP contribution in [-0.2, 0) is 14.8 Å². The molecule has 0 aromatic heterocycles. The van der Waals surface area contributed by atoms with Crippen LogP contribution in [0.3, 0.4) is 0 Å². The zero-order valence-corrected chi connectivity index (χ0v) is 23.6. The van der Waals surface area contributed by atoms with E-state index in [-0.39, 0.29) is 40.0 Å². The second kappa shape index (κ2) is 12.1. The molecule has 13 heteroatoms. The van der Waals surface area contributed by atoms with Crippen molar-refractivity contribution in [2.24, 2.45) is 0 Å². The average Bonchev–Trinajstić information content (AvgIpc) is 3.22. The number of anilines is 1. The smallest absolute Gasteiger partial charge is 0.322 e. The van der Waals surface area contributed by atoms with Crippen LogP contribution in [0, 0.1) is 0 Å². The van der Waals surface area contributed by atoms with Gasteiger partial charge in [0.2, 0.25) is 0 Å². The summed E-state index contributed by atoms with van der Waals surface area (Å²) in [5.41, 5.74) is -0.284. The summed E-state index contributed by atoms with van der Waals surface area (Å²) in [6, 6.07) is 8.39. The summed E-state index contributed by atoms with van der Waals surface area (Å²) >= 11 is 0. The molecule has 0 unspecified atom stereocenters. The highest BCUT2D eigenvalue weighted by molar-refractivity contribution is 7.92. The summed E-state index contributed by atoms with van der Waals surface area (Å²) in [5, 5.41) is 5.06. The first kappa shape index (κ1) is 29.2. The summed E-state index contributed by atoms with van der Waals surface area (Å²) in [7, 11) is 0.360. The number of hydrogen-bond donors (Lipinski definition) is 3. The van der Waals surface area contributed by atoms with E-state index in [0.29, 0.717) is 43.9 Å². The topological polar surface area (TPSA) is 152 Å². The van der Waals surface area contributed by atoms with Crippen LogP contribution in [0.25, 0.3) is 0 Å². The number of nitrogens with one attached hydrogen (secondary N) is 3. The maximum Gasteiger partial charge on any atom is 0.322 e. The minimum absolute atomic E-state index is 0.0200. The predicted molar refractivity (Wildman–Crippen MR) is 147 cm³/mol. The van der Waals surface area contributed by atoms with E-state index in [1.54, 1.807) is 6.07 Å². The fourth-order valence-corrected chi connectivity index (χ4v) is 6.05. The van der Waals surface area contributed by atoms with Crippen LogP contribution in [0.2, 0.25) is 0 Å². The summed E-state index contributed by atoms with van der Waals surface area (Å²) in [5.74, 6) is 0.614. The first-order valence-corrected chi connectivity index (χ1v) is 14.4. The minimum atomic E-state index is -3.97. The highest BCUT2D eigenvalue weighted by Crippen LogP contribution is 2.31. The number of unbranched alkanes of at least 4 members (excludes halogenated alkanes) is 1. The van der Waals surface area contributed by atoms with E-state index in [4.69, 9.17) is 14.2 Å². The third-order valence-corrected chi connectivity index (χ3v) is 8.65. The summed E-state index contributed by atoms with van der Waals surface area (Å²) < 4.78 is 44.3. The van der Waals surface area contributed by atoms with Crippen LogP contribution in [0.4, 0.5) is 10.5 Å². The van der Waals surface area contributed by atoms with Crippen LogP contribution in [-0.4, -0.2) is 77.5 Å². The van der Waals surface area contributed by atoms with E-state index >= 15 is 0 Å². The number of likely N-dealkylation sites (tertiary alicyclic amines) is 1. The molecular formula is C27H34N4O8S. The zero-order chi connectivity index (χ0) is 28.9. The Balaban J connectivity index is 1.33. The molecule has 12 nitrogen and oxygen atoms in total. The van der Waals surface area contributed by atoms with Gasteiger partial charge in [0.25, 0.3) is 15.9 Å². The van der Waals surface area contributed by atoms with Crippen LogP contribution in [0.15, 0.2) is 41.3 Å². The van der Waals surface area contributed by atoms with E-state index in [1.165, 1.54) is 51.7 Å². The molecule has 2 saturated heterocycles. The second-order valence-corrected chi connectivity index (χ2v) is 11.4. The predicted octanol–water partition coefficient (Wildman–Crippen LogP) is 2.54. The lowest BCUT2D eigenvalue weighted by Crippen LogP contribution is -2.54. The summed E-state index contributed by atoms with van der Waals surface area (Å²) in [6.45, 7) is 2.12. The van der Waals surface area contributed by atoms with Gasteiger partial charge in [-0.1, -0.05) is 0 Å². The molecule has 0 bridgehead atoms. The van der Waals surface area contributed by atoms with Crippen molar-refractivity contribution in [2.45, 2.75) is 42.5 Å². The van der Waals surface area contributed by atoms with Crippen LogP contribution < -0.4 is 29.6 Å². The molecule has 2 heterocycles. The van der Waals surface area contributed by atoms with Crippen molar-refractivity contribution >= 4 is 33.4 Å². The van der Waals surface area contributed by atoms with Crippen molar-refractivity contribution in [3.63, 3.8) is 0 Å². The standard InChI is InChI=1S/C27H34N4O8S/c1-37-22-9-7-18(30-40(35,36)19-8-10-23(38-2)24(17-19)39-3)16-20(22)21(32)6-4-5-13-31-14-11-27(12-15-31)25(33)28-26(34)29-27/h7-10,16-17,30H,4-6,11-15H2,1-3H3,(H2,28,29,33,34). The fraction of sp³-hybridized carbons (Fsp3) is 0.444. The highest BCUT2D eigenvalue weighted by Gasteiger charge is 2.47. The number of carbonyl (C=O) groups excluding carboxylic acids is 3. The first-order chi connectivity index (χ1) is 19.1. The van der Waals surface area contributed by atoms with Gasteiger partial charge >= 0.3 is 6.03 Å². The van der Waals surface area contributed by atoms with E-state index < -0.39 is 21.6 Å². The van der Waals surface area contributed by atoms with Crippen LogP contribution in [0.1, 0.15) is 42.5 Å². The van der Waals surface area contributed by atoms with E-state index in [1.807, 2.05) is 0 Å². The van der Waals surface area contributed by atoms with Gasteiger partial charge in [-0.3, -0.25) is 19.6 Å². The normalized spacial score (nSPS) is 16.8. The monoisotopic (exact) mass is 574 g/mol. The number of rotatable bonds is 12. The molecule has 3 N–H and O–H groups in total. The molecule has 3 amide bonds. The number of hydrogen-bond acceptors (Lipinski definition) is 9. The van der Waals surface area contributed by atoms with Crippen molar-refractivity contribution in [2.75, 3.05) is 45.7 Å². The van der Waals surface area contributed by atoms with E-state index in [0.717, 1.165) is 13.0 Å². The molecule has 2 aromatic carbocycles. The molecule has 0 saturated carbocycles. The lowest BCUT2D eigenvalue weighted by Gasteiger charge is -2.36. The van der Waals surface area contributed by atoms with Gasteiger partial charge in [0.15, 0.2) is 17.3 Å². The number of ether oxygens (including phenoxy) is 3. The summed E-state index contributed by atoms with van der Waals surface area (Å²) in [6.07, 6.45) is 2.76. The van der Waals surface area contributed by atoms with Crippen LogP contribution in [0.5, 0.6) is 17.2 Å². The Morgan fingerprint density at radius 1 is 0.950 bits per heavy atom. The number of methoxy groups -OCH3 is 3. The largest absolute Gasteiger partial charge is 0.496 e. The van der Waals surface area contributed by atoms with Gasteiger partial charge < -0.3 is 24.4 Å². The molecule has 1 spiro atoms. The Hall–Kier alpha value is -3.84.